The van der Waals surface area contributed by atoms with Gasteiger partial charge in [0.2, 0.25) is 0 Å². The van der Waals surface area contributed by atoms with Gasteiger partial charge in [-0.3, -0.25) is 9.47 Å². The highest BCUT2D eigenvalue weighted by atomic mass is 32.1. The molecular weight excluding hydrogens is 366 g/mol. The number of fused-ring (bicyclic) bond motifs is 2. The molecule has 1 aliphatic rings. The SMILES string of the molecule is FC(F)n1c(CN2CCCC2c2nc3ccccc3s2)nc2ccccc21. The third kappa shape index (κ3) is 2.91. The monoisotopic (exact) mass is 384 g/mol. The summed E-state index contributed by atoms with van der Waals surface area (Å²) in [4.78, 5) is 11.5. The lowest BCUT2D eigenvalue weighted by atomic mass is 10.2. The number of para-hydroxylation sites is 3. The molecule has 0 aliphatic carbocycles. The lowest BCUT2D eigenvalue weighted by molar-refractivity contribution is 0.0678. The maximum atomic E-state index is 13.7. The zero-order valence-electron chi connectivity index (χ0n) is 14.6. The number of nitrogens with zero attached hydrogens (tertiary/aromatic N) is 4. The Balaban J connectivity index is 1.49. The van der Waals surface area contributed by atoms with Crippen LogP contribution in [0.4, 0.5) is 8.78 Å². The zero-order chi connectivity index (χ0) is 18.4. The summed E-state index contributed by atoms with van der Waals surface area (Å²) >= 11 is 1.70. The van der Waals surface area contributed by atoms with E-state index in [0.29, 0.717) is 23.4 Å². The minimum atomic E-state index is -2.60. The van der Waals surface area contributed by atoms with Crippen molar-refractivity contribution in [1.82, 2.24) is 19.4 Å². The average molecular weight is 384 g/mol. The first-order valence-electron chi connectivity index (χ1n) is 9.04. The minimum Gasteiger partial charge on any atom is -0.287 e. The molecule has 0 radical (unpaired) electrons. The predicted molar refractivity (Wildman–Crippen MR) is 103 cm³/mol. The molecular formula is C20H18F2N4S. The van der Waals surface area contributed by atoms with E-state index in [0.717, 1.165) is 34.5 Å². The van der Waals surface area contributed by atoms with Gasteiger partial charge in [0.05, 0.1) is 33.8 Å². The Hall–Kier alpha value is -2.38. The van der Waals surface area contributed by atoms with Gasteiger partial charge in [0.15, 0.2) is 0 Å². The molecule has 4 aromatic rings. The molecule has 1 saturated heterocycles. The molecule has 5 rings (SSSR count). The van der Waals surface area contributed by atoms with Crippen molar-refractivity contribution >= 4 is 32.6 Å². The first-order valence-corrected chi connectivity index (χ1v) is 9.86. The van der Waals surface area contributed by atoms with Gasteiger partial charge in [-0.25, -0.2) is 9.97 Å². The number of thiazole rings is 1. The molecule has 3 heterocycles. The molecule has 0 N–H and O–H groups in total. The second-order valence-electron chi connectivity index (χ2n) is 6.81. The fourth-order valence-corrected chi connectivity index (χ4v) is 5.07. The number of imidazole rings is 1. The molecule has 1 fully saturated rings. The van der Waals surface area contributed by atoms with Crippen LogP contribution in [-0.2, 0) is 6.54 Å². The molecule has 1 atom stereocenters. The Morgan fingerprint density at radius 3 is 2.63 bits per heavy atom. The summed E-state index contributed by atoms with van der Waals surface area (Å²) < 4.78 is 29.7. The quantitative estimate of drug-likeness (QED) is 0.474. The summed E-state index contributed by atoms with van der Waals surface area (Å²) in [5, 5.41) is 1.06. The number of aromatic nitrogens is 3. The second kappa shape index (κ2) is 6.65. The van der Waals surface area contributed by atoms with Crippen molar-refractivity contribution in [1.29, 1.82) is 0 Å². The van der Waals surface area contributed by atoms with Gasteiger partial charge >= 0.3 is 6.55 Å². The Morgan fingerprint density at radius 1 is 1.04 bits per heavy atom. The average Bonchev–Trinajstić information content (AvgIpc) is 3.37. The molecule has 138 valence electrons. The lowest BCUT2D eigenvalue weighted by Gasteiger charge is -2.22. The van der Waals surface area contributed by atoms with Gasteiger partial charge in [0.1, 0.15) is 10.8 Å². The predicted octanol–water partition coefficient (Wildman–Crippen LogP) is 5.38. The molecule has 0 bridgehead atoms. The van der Waals surface area contributed by atoms with Crippen LogP contribution in [0, 0.1) is 0 Å². The third-order valence-corrected chi connectivity index (χ3v) is 6.31. The van der Waals surface area contributed by atoms with E-state index in [-0.39, 0.29) is 6.04 Å². The number of alkyl halides is 2. The Bertz CT molecular complexity index is 1070. The van der Waals surface area contributed by atoms with Gasteiger partial charge < -0.3 is 0 Å². The number of halogens is 2. The van der Waals surface area contributed by atoms with Crippen molar-refractivity contribution in [2.45, 2.75) is 32.0 Å². The van der Waals surface area contributed by atoms with E-state index in [1.165, 1.54) is 4.70 Å². The van der Waals surface area contributed by atoms with Crippen molar-refractivity contribution in [3.05, 3.63) is 59.4 Å². The van der Waals surface area contributed by atoms with Crippen LogP contribution < -0.4 is 0 Å². The van der Waals surface area contributed by atoms with E-state index in [9.17, 15) is 8.78 Å². The smallest absolute Gasteiger partial charge is 0.287 e. The molecule has 2 aromatic heterocycles. The Kier molecular flexibility index (Phi) is 4.13. The minimum absolute atomic E-state index is 0.160. The van der Waals surface area contributed by atoms with Crippen LogP contribution in [0.1, 0.15) is 36.3 Å². The van der Waals surface area contributed by atoms with Crippen LogP contribution in [0.15, 0.2) is 48.5 Å². The van der Waals surface area contributed by atoms with E-state index in [1.54, 1.807) is 29.5 Å². The molecule has 0 amide bonds. The Labute approximate surface area is 159 Å². The number of hydrogen-bond acceptors (Lipinski definition) is 4. The second-order valence-corrected chi connectivity index (χ2v) is 7.87. The molecule has 4 nitrogen and oxygen atoms in total. The molecule has 27 heavy (non-hydrogen) atoms. The highest BCUT2D eigenvalue weighted by Crippen LogP contribution is 2.37. The van der Waals surface area contributed by atoms with Gasteiger partial charge in [0, 0.05) is 0 Å². The van der Waals surface area contributed by atoms with Gasteiger partial charge in [-0.1, -0.05) is 24.3 Å². The van der Waals surface area contributed by atoms with Crippen LogP contribution in [0.25, 0.3) is 21.3 Å². The first kappa shape index (κ1) is 16.8. The number of likely N-dealkylation sites (tertiary alicyclic amines) is 1. The van der Waals surface area contributed by atoms with E-state index < -0.39 is 6.55 Å². The van der Waals surface area contributed by atoms with Crippen molar-refractivity contribution in [3.63, 3.8) is 0 Å². The standard InChI is InChI=1S/C20H18F2N4S/c21-20(22)26-15-8-3-1-6-13(15)23-18(26)12-25-11-5-9-16(25)19-24-14-7-2-4-10-17(14)27-19/h1-4,6-8,10,16,20H,5,9,11-12H2. The third-order valence-electron chi connectivity index (χ3n) is 5.17. The van der Waals surface area contributed by atoms with E-state index in [4.69, 9.17) is 4.98 Å². The van der Waals surface area contributed by atoms with Crippen LogP contribution in [0.2, 0.25) is 0 Å². The van der Waals surface area contributed by atoms with Gasteiger partial charge in [-0.2, -0.15) is 8.78 Å². The topological polar surface area (TPSA) is 34.0 Å². The summed E-state index contributed by atoms with van der Waals surface area (Å²) in [7, 11) is 0. The lowest BCUT2D eigenvalue weighted by Crippen LogP contribution is -2.25. The normalized spacial score (nSPS) is 18.3. The highest BCUT2D eigenvalue weighted by molar-refractivity contribution is 7.18. The molecule has 2 aromatic carbocycles. The number of benzene rings is 2. The summed E-state index contributed by atoms with van der Waals surface area (Å²) in [5.41, 5.74) is 2.10. The Morgan fingerprint density at radius 2 is 1.81 bits per heavy atom. The summed E-state index contributed by atoms with van der Waals surface area (Å²) in [6.45, 7) is -1.33. The molecule has 1 unspecified atom stereocenters. The molecule has 1 aliphatic heterocycles. The largest absolute Gasteiger partial charge is 0.320 e. The van der Waals surface area contributed by atoms with Crippen molar-refractivity contribution < 1.29 is 8.78 Å². The fraction of sp³-hybridized carbons (Fsp3) is 0.300. The first-order chi connectivity index (χ1) is 13.2. The highest BCUT2D eigenvalue weighted by Gasteiger charge is 2.30. The zero-order valence-corrected chi connectivity index (χ0v) is 15.4. The summed E-state index contributed by atoms with van der Waals surface area (Å²) in [6.07, 6.45) is 2.03. The van der Waals surface area contributed by atoms with E-state index in [2.05, 4.69) is 16.0 Å². The van der Waals surface area contributed by atoms with Crippen LogP contribution in [0.5, 0.6) is 0 Å². The van der Waals surface area contributed by atoms with Crippen molar-refractivity contribution in [2.75, 3.05) is 6.54 Å². The number of rotatable bonds is 4. The summed E-state index contributed by atoms with van der Waals surface area (Å²) in [5.74, 6) is 0.416. The maximum Gasteiger partial charge on any atom is 0.320 e. The van der Waals surface area contributed by atoms with E-state index in [1.807, 2.05) is 24.3 Å². The van der Waals surface area contributed by atoms with Crippen LogP contribution >= 0.6 is 11.3 Å². The summed E-state index contributed by atoms with van der Waals surface area (Å²) in [6, 6.07) is 15.3. The molecule has 7 heteroatoms. The fourth-order valence-electron chi connectivity index (χ4n) is 3.93. The van der Waals surface area contributed by atoms with Crippen molar-refractivity contribution in [2.24, 2.45) is 0 Å². The molecule has 0 saturated carbocycles. The van der Waals surface area contributed by atoms with Gasteiger partial charge in [-0.05, 0) is 43.7 Å². The van der Waals surface area contributed by atoms with Crippen LogP contribution in [-0.4, -0.2) is 26.0 Å². The van der Waals surface area contributed by atoms with Crippen LogP contribution in [0.3, 0.4) is 0 Å². The van der Waals surface area contributed by atoms with E-state index >= 15 is 0 Å². The van der Waals surface area contributed by atoms with Crippen molar-refractivity contribution in [3.8, 4) is 0 Å². The molecule has 0 spiro atoms. The van der Waals surface area contributed by atoms with Gasteiger partial charge in [0.25, 0.3) is 0 Å². The number of hydrogen-bond donors (Lipinski definition) is 0. The maximum absolute atomic E-state index is 13.7. The van der Waals surface area contributed by atoms with Gasteiger partial charge in [-0.15, -0.1) is 11.3 Å².